The Bertz CT molecular complexity index is 512. The van der Waals surface area contributed by atoms with E-state index in [1.165, 1.54) is 44.9 Å². The summed E-state index contributed by atoms with van der Waals surface area (Å²) >= 11 is 0. The maximum absolute atomic E-state index is 12.2. The van der Waals surface area contributed by atoms with E-state index in [2.05, 4.69) is 11.9 Å². The molecule has 0 amide bonds. The van der Waals surface area contributed by atoms with Crippen LogP contribution in [0.5, 0.6) is 0 Å². The normalized spacial score (nSPS) is 26.2. The third kappa shape index (κ3) is 2.82. The van der Waals surface area contributed by atoms with E-state index in [0.29, 0.717) is 5.92 Å². The van der Waals surface area contributed by atoms with E-state index in [-0.39, 0.29) is 5.56 Å². The van der Waals surface area contributed by atoms with E-state index in [1.807, 2.05) is 0 Å². The first kappa shape index (κ1) is 13.8. The van der Waals surface area contributed by atoms with E-state index >= 15 is 0 Å². The molecule has 0 unspecified atom stereocenters. The molecule has 0 aromatic carbocycles. The molecule has 0 spiro atoms. The number of hydrogen-bond acceptors (Lipinski definition) is 2. The summed E-state index contributed by atoms with van der Waals surface area (Å²) in [6.45, 7) is 2.27. The predicted octanol–water partition coefficient (Wildman–Crippen LogP) is 3.72. The van der Waals surface area contributed by atoms with Gasteiger partial charge in [0.25, 0.3) is 5.56 Å². The molecule has 3 heteroatoms. The van der Waals surface area contributed by atoms with Crippen molar-refractivity contribution in [2.45, 2.75) is 77.0 Å². The molecular weight excluding hydrogens is 248 g/mol. The predicted molar refractivity (Wildman–Crippen MR) is 81.1 cm³/mol. The SMILES string of the molecule is CCCC1CCC(c2nc3c(c(=O)[nH]2)CCCC3)CC1. The Labute approximate surface area is 121 Å². The van der Waals surface area contributed by atoms with Crippen LogP contribution in [0.2, 0.25) is 0 Å². The molecule has 110 valence electrons. The molecule has 20 heavy (non-hydrogen) atoms. The highest BCUT2D eigenvalue weighted by Crippen LogP contribution is 2.36. The highest BCUT2D eigenvalue weighted by atomic mass is 16.1. The monoisotopic (exact) mass is 274 g/mol. The second-order valence-corrected chi connectivity index (χ2v) is 6.59. The number of nitrogens with one attached hydrogen (secondary N) is 1. The fourth-order valence-electron chi connectivity index (χ4n) is 3.95. The topological polar surface area (TPSA) is 45.8 Å². The molecule has 3 rings (SSSR count). The molecule has 1 N–H and O–H groups in total. The number of hydrogen-bond donors (Lipinski definition) is 1. The molecule has 0 atom stereocenters. The summed E-state index contributed by atoms with van der Waals surface area (Å²) in [6, 6.07) is 0. The molecule has 0 saturated heterocycles. The van der Waals surface area contributed by atoms with Crippen molar-refractivity contribution in [3.05, 3.63) is 27.4 Å². The summed E-state index contributed by atoms with van der Waals surface area (Å²) in [5, 5.41) is 0. The van der Waals surface area contributed by atoms with Crippen LogP contribution >= 0.6 is 0 Å². The zero-order valence-electron chi connectivity index (χ0n) is 12.6. The molecule has 2 aliphatic rings. The lowest BCUT2D eigenvalue weighted by Crippen LogP contribution is -2.25. The number of fused-ring (bicyclic) bond motifs is 1. The van der Waals surface area contributed by atoms with Gasteiger partial charge in [-0.1, -0.05) is 19.8 Å². The second-order valence-electron chi connectivity index (χ2n) is 6.59. The summed E-state index contributed by atoms with van der Waals surface area (Å²) in [7, 11) is 0. The Morgan fingerprint density at radius 1 is 1.15 bits per heavy atom. The Balaban J connectivity index is 1.75. The molecule has 1 aromatic heterocycles. The fraction of sp³-hybridized carbons (Fsp3) is 0.765. The first-order chi connectivity index (χ1) is 9.78. The second kappa shape index (κ2) is 6.11. The number of nitrogens with zero attached hydrogens (tertiary/aromatic N) is 1. The molecule has 0 bridgehead atoms. The van der Waals surface area contributed by atoms with Crippen LogP contribution in [0.1, 0.15) is 81.3 Å². The van der Waals surface area contributed by atoms with Gasteiger partial charge in [0.2, 0.25) is 0 Å². The molecule has 0 radical (unpaired) electrons. The molecular formula is C17H26N2O. The molecule has 1 heterocycles. The van der Waals surface area contributed by atoms with Crippen molar-refractivity contribution in [3.63, 3.8) is 0 Å². The highest BCUT2D eigenvalue weighted by molar-refractivity contribution is 5.21. The summed E-state index contributed by atoms with van der Waals surface area (Å²) < 4.78 is 0. The smallest absolute Gasteiger partial charge is 0.254 e. The van der Waals surface area contributed by atoms with Crippen molar-refractivity contribution in [3.8, 4) is 0 Å². The lowest BCUT2D eigenvalue weighted by Gasteiger charge is -2.28. The number of aryl methyl sites for hydroxylation is 1. The van der Waals surface area contributed by atoms with E-state index in [4.69, 9.17) is 4.98 Å². The lowest BCUT2D eigenvalue weighted by atomic mass is 9.79. The van der Waals surface area contributed by atoms with Gasteiger partial charge in [0.15, 0.2) is 0 Å². The zero-order valence-corrected chi connectivity index (χ0v) is 12.6. The Kier molecular flexibility index (Phi) is 4.23. The van der Waals surface area contributed by atoms with Gasteiger partial charge in [0, 0.05) is 11.5 Å². The minimum atomic E-state index is 0.139. The van der Waals surface area contributed by atoms with Gasteiger partial charge in [-0.15, -0.1) is 0 Å². The fourth-order valence-corrected chi connectivity index (χ4v) is 3.95. The van der Waals surface area contributed by atoms with Gasteiger partial charge in [0.05, 0.1) is 5.69 Å². The van der Waals surface area contributed by atoms with Gasteiger partial charge < -0.3 is 4.98 Å². The molecule has 3 nitrogen and oxygen atoms in total. The highest BCUT2D eigenvalue weighted by Gasteiger charge is 2.25. The van der Waals surface area contributed by atoms with E-state index in [9.17, 15) is 4.79 Å². The van der Waals surface area contributed by atoms with Crippen molar-refractivity contribution in [1.29, 1.82) is 0 Å². The van der Waals surface area contributed by atoms with Gasteiger partial charge in [0.1, 0.15) is 5.82 Å². The first-order valence-corrected chi connectivity index (χ1v) is 8.40. The van der Waals surface area contributed by atoms with Crippen LogP contribution in [0.25, 0.3) is 0 Å². The van der Waals surface area contributed by atoms with Gasteiger partial charge >= 0.3 is 0 Å². The average molecular weight is 274 g/mol. The number of rotatable bonds is 3. The van der Waals surface area contributed by atoms with Crippen LogP contribution < -0.4 is 5.56 Å². The van der Waals surface area contributed by atoms with Crippen molar-refractivity contribution < 1.29 is 0 Å². The van der Waals surface area contributed by atoms with Crippen LogP contribution in [-0.2, 0) is 12.8 Å². The van der Waals surface area contributed by atoms with Crippen LogP contribution in [0, 0.1) is 5.92 Å². The zero-order chi connectivity index (χ0) is 13.9. The largest absolute Gasteiger partial charge is 0.310 e. The van der Waals surface area contributed by atoms with Crippen molar-refractivity contribution in [1.82, 2.24) is 9.97 Å². The van der Waals surface area contributed by atoms with E-state index < -0.39 is 0 Å². The summed E-state index contributed by atoms with van der Waals surface area (Å²) in [5.74, 6) is 2.37. The van der Waals surface area contributed by atoms with Gasteiger partial charge in [-0.25, -0.2) is 4.98 Å². The molecule has 2 aliphatic carbocycles. The lowest BCUT2D eigenvalue weighted by molar-refractivity contribution is 0.301. The first-order valence-electron chi connectivity index (χ1n) is 8.40. The quantitative estimate of drug-likeness (QED) is 0.913. The van der Waals surface area contributed by atoms with Crippen LogP contribution in [0.3, 0.4) is 0 Å². The van der Waals surface area contributed by atoms with E-state index in [1.54, 1.807) is 0 Å². The van der Waals surface area contributed by atoms with Gasteiger partial charge in [-0.05, 0) is 57.3 Å². The van der Waals surface area contributed by atoms with E-state index in [0.717, 1.165) is 42.3 Å². The summed E-state index contributed by atoms with van der Waals surface area (Å²) in [6.07, 6.45) is 11.9. The summed E-state index contributed by atoms with van der Waals surface area (Å²) in [5.41, 5.74) is 2.19. The standard InChI is InChI=1S/C17H26N2O/c1-2-5-12-8-10-13(11-9-12)16-18-15-7-4-3-6-14(15)17(20)19-16/h12-13H,2-11H2,1H3,(H,18,19,20). The molecule has 1 aromatic rings. The minimum Gasteiger partial charge on any atom is -0.310 e. The molecule has 1 saturated carbocycles. The minimum absolute atomic E-state index is 0.139. The number of aromatic amines is 1. The molecule has 1 fully saturated rings. The Morgan fingerprint density at radius 3 is 2.65 bits per heavy atom. The van der Waals surface area contributed by atoms with Crippen LogP contribution in [-0.4, -0.2) is 9.97 Å². The van der Waals surface area contributed by atoms with Crippen molar-refractivity contribution in [2.75, 3.05) is 0 Å². The van der Waals surface area contributed by atoms with Crippen molar-refractivity contribution >= 4 is 0 Å². The van der Waals surface area contributed by atoms with Crippen molar-refractivity contribution in [2.24, 2.45) is 5.92 Å². The summed E-state index contributed by atoms with van der Waals surface area (Å²) in [4.78, 5) is 20.1. The molecule has 0 aliphatic heterocycles. The third-order valence-corrected chi connectivity index (χ3v) is 5.14. The average Bonchev–Trinajstić information content (AvgIpc) is 2.48. The van der Waals surface area contributed by atoms with Crippen LogP contribution in [0.15, 0.2) is 4.79 Å². The third-order valence-electron chi connectivity index (χ3n) is 5.14. The number of aromatic nitrogens is 2. The number of H-pyrrole nitrogens is 1. The Morgan fingerprint density at radius 2 is 1.90 bits per heavy atom. The van der Waals surface area contributed by atoms with Crippen LogP contribution in [0.4, 0.5) is 0 Å². The van der Waals surface area contributed by atoms with Gasteiger partial charge in [-0.2, -0.15) is 0 Å². The maximum atomic E-state index is 12.2. The van der Waals surface area contributed by atoms with Gasteiger partial charge in [-0.3, -0.25) is 4.79 Å². The Hall–Kier alpha value is -1.12. The maximum Gasteiger partial charge on any atom is 0.254 e.